The predicted octanol–water partition coefficient (Wildman–Crippen LogP) is 5.43. The Labute approximate surface area is 219 Å². The van der Waals surface area contributed by atoms with Crippen LogP contribution in [0, 0.1) is 0 Å². The predicted molar refractivity (Wildman–Crippen MR) is 138 cm³/mol. The normalized spacial score (nSPS) is 16.5. The lowest BCUT2D eigenvalue weighted by molar-refractivity contribution is -0.122. The summed E-state index contributed by atoms with van der Waals surface area (Å²) in [4.78, 5) is 27.4. The number of hydrogen-bond acceptors (Lipinski definition) is 4. The van der Waals surface area contributed by atoms with Gasteiger partial charge in [0.05, 0.1) is 17.0 Å². The lowest BCUT2D eigenvalue weighted by Crippen LogP contribution is -2.46. The summed E-state index contributed by atoms with van der Waals surface area (Å²) in [5, 5.41) is 0.536. The second-order valence-corrected chi connectivity index (χ2v) is 11.9. The summed E-state index contributed by atoms with van der Waals surface area (Å²) in [6.07, 6.45) is 0.0901. The number of benzene rings is 3. The maximum Gasteiger partial charge on any atom is 0.252 e. The lowest BCUT2D eigenvalue weighted by atomic mass is 10.1. The molecular weight excluding hydrogens is 608 g/mol. The molecule has 1 fully saturated rings. The minimum absolute atomic E-state index is 0.0105. The Balaban J connectivity index is 1.69. The van der Waals surface area contributed by atoms with E-state index >= 15 is 0 Å². The maximum absolute atomic E-state index is 13.7. The van der Waals surface area contributed by atoms with Gasteiger partial charge in [-0.05, 0) is 72.6 Å². The number of nitrogens with zero attached hydrogens (tertiary/aromatic N) is 2. The quantitative estimate of drug-likeness (QED) is 0.328. The van der Waals surface area contributed by atoms with Gasteiger partial charge in [-0.25, -0.2) is 13.3 Å². The number of carbonyl (C=O) groups is 2. The van der Waals surface area contributed by atoms with Crippen LogP contribution < -0.4 is 4.90 Å². The van der Waals surface area contributed by atoms with Gasteiger partial charge >= 0.3 is 0 Å². The molecule has 10 heteroatoms. The van der Waals surface area contributed by atoms with E-state index in [9.17, 15) is 18.0 Å². The Hall–Kier alpha value is -2.04. The van der Waals surface area contributed by atoms with Crippen molar-refractivity contribution >= 4 is 71.0 Å². The minimum Gasteiger partial charge on any atom is -0.274 e. The summed E-state index contributed by atoms with van der Waals surface area (Å²) in [7, 11) is -4.08. The van der Waals surface area contributed by atoms with Crippen molar-refractivity contribution in [2.45, 2.75) is 23.8 Å². The van der Waals surface area contributed by atoms with E-state index in [1.54, 1.807) is 54.6 Å². The topological polar surface area (TPSA) is 74.8 Å². The zero-order chi connectivity index (χ0) is 24.5. The van der Waals surface area contributed by atoms with Gasteiger partial charge < -0.3 is 0 Å². The summed E-state index contributed by atoms with van der Waals surface area (Å²) in [6.45, 7) is 0.0105. The van der Waals surface area contributed by atoms with E-state index in [1.165, 1.54) is 12.1 Å². The van der Waals surface area contributed by atoms with Gasteiger partial charge in [0.2, 0.25) is 15.9 Å². The fraction of sp³-hybridized carbons (Fsp3) is 0.167. The first kappa shape index (κ1) is 25.1. The molecule has 1 aliphatic heterocycles. The molecule has 4 rings (SSSR count). The molecule has 0 spiro atoms. The van der Waals surface area contributed by atoms with Crippen molar-refractivity contribution in [1.82, 2.24) is 4.31 Å². The van der Waals surface area contributed by atoms with E-state index in [1.807, 2.05) is 6.07 Å². The molecule has 0 bridgehead atoms. The van der Waals surface area contributed by atoms with Crippen molar-refractivity contribution in [3.63, 3.8) is 0 Å². The van der Waals surface area contributed by atoms with Crippen molar-refractivity contribution in [1.29, 1.82) is 0 Å². The van der Waals surface area contributed by atoms with Crippen LogP contribution in [0.1, 0.15) is 12.0 Å². The zero-order valence-electron chi connectivity index (χ0n) is 17.7. The smallest absolute Gasteiger partial charge is 0.252 e. The summed E-state index contributed by atoms with van der Waals surface area (Å²) in [5.74, 6) is -1.02. The number of halogens is 3. The second kappa shape index (κ2) is 10.3. The lowest BCUT2D eigenvalue weighted by Gasteiger charge is -2.27. The standard InChI is InChI=1S/C24H19Br2ClN2O4S/c25-17-4-8-20(9-5-17)29-23(30)15-22(24(29)31)28(13-12-16-2-1-3-19(27)14-16)34(32,33)21-10-6-18(26)7-11-21/h1-11,14,22H,12-13,15H2. The van der Waals surface area contributed by atoms with E-state index < -0.39 is 27.9 Å². The fourth-order valence-corrected chi connectivity index (χ4v) is 6.14. The highest BCUT2D eigenvalue weighted by atomic mass is 79.9. The zero-order valence-corrected chi connectivity index (χ0v) is 22.4. The highest BCUT2D eigenvalue weighted by Gasteiger charge is 2.46. The first-order valence-corrected chi connectivity index (χ1v) is 13.7. The van der Waals surface area contributed by atoms with Crippen LogP contribution in [-0.2, 0) is 26.0 Å². The minimum atomic E-state index is -4.08. The molecule has 0 radical (unpaired) electrons. The SMILES string of the molecule is O=C1CC(N(CCc2cccc(Cl)c2)S(=O)(=O)c2ccc(Br)cc2)C(=O)N1c1ccc(Br)cc1. The summed E-state index contributed by atoms with van der Waals surface area (Å²) in [5.41, 5.74) is 1.22. The van der Waals surface area contributed by atoms with Crippen LogP contribution in [0.5, 0.6) is 0 Å². The Kier molecular flexibility index (Phi) is 7.59. The number of rotatable bonds is 7. The van der Waals surface area contributed by atoms with Gasteiger partial charge in [-0.1, -0.05) is 55.6 Å². The van der Waals surface area contributed by atoms with Gasteiger partial charge in [0.25, 0.3) is 5.91 Å². The van der Waals surface area contributed by atoms with Crippen molar-refractivity contribution in [3.05, 3.63) is 92.3 Å². The first-order valence-electron chi connectivity index (χ1n) is 10.3. The third-order valence-corrected chi connectivity index (χ3v) is 8.70. The molecule has 1 aliphatic rings. The van der Waals surface area contributed by atoms with Crippen LogP contribution >= 0.6 is 43.5 Å². The van der Waals surface area contributed by atoms with Gasteiger partial charge in [-0.2, -0.15) is 4.31 Å². The molecule has 176 valence electrons. The Morgan fingerprint density at radius 1 is 0.941 bits per heavy atom. The van der Waals surface area contributed by atoms with Gasteiger partial charge in [-0.15, -0.1) is 0 Å². The van der Waals surface area contributed by atoms with Crippen LogP contribution in [0.3, 0.4) is 0 Å². The number of sulfonamides is 1. The monoisotopic (exact) mass is 624 g/mol. The highest BCUT2D eigenvalue weighted by molar-refractivity contribution is 9.10. The maximum atomic E-state index is 13.7. The molecule has 1 heterocycles. The van der Waals surface area contributed by atoms with E-state index in [0.717, 1.165) is 23.7 Å². The number of carbonyl (C=O) groups excluding carboxylic acids is 2. The van der Waals surface area contributed by atoms with Crippen LogP contribution in [0.2, 0.25) is 5.02 Å². The number of anilines is 1. The Morgan fingerprint density at radius 3 is 2.18 bits per heavy atom. The molecule has 0 aliphatic carbocycles. The van der Waals surface area contributed by atoms with E-state index in [0.29, 0.717) is 17.1 Å². The largest absolute Gasteiger partial charge is 0.274 e. The molecule has 2 amide bonds. The number of imide groups is 1. The second-order valence-electron chi connectivity index (χ2n) is 7.71. The molecule has 3 aromatic carbocycles. The van der Waals surface area contributed by atoms with Gasteiger partial charge in [-0.3, -0.25) is 9.59 Å². The molecule has 6 nitrogen and oxygen atoms in total. The van der Waals surface area contributed by atoms with Crippen molar-refractivity contribution < 1.29 is 18.0 Å². The molecule has 34 heavy (non-hydrogen) atoms. The molecule has 1 atom stereocenters. The number of hydrogen-bond donors (Lipinski definition) is 0. The molecule has 0 saturated carbocycles. The first-order chi connectivity index (χ1) is 16.2. The highest BCUT2D eigenvalue weighted by Crippen LogP contribution is 2.30. The Morgan fingerprint density at radius 2 is 1.56 bits per heavy atom. The van der Waals surface area contributed by atoms with Gasteiger partial charge in [0, 0.05) is 20.5 Å². The van der Waals surface area contributed by atoms with Gasteiger partial charge in [0.15, 0.2) is 0 Å². The molecule has 1 saturated heterocycles. The summed E-state index contributed by atoms with van der Waals surface area (Å²) in [6, 6.07) is 18.9. The van der Waals surface area contributed by atoms with Crippen molar-refractivity contribution in [3.8, 4) is 0 Å². The van der Waals surface area contributed by atoms with Crippen LogP contribution in [0.15, 0.2) is 86.6 Å². The third kappa shape index (κ3) is 5.28. The number of amides is 2. The van der Waals surface area contributed by atoms with E-state index in [4.69, 9.17) is 11.6 Å². The fourth-order valence-electron chi connectivity index (χ4n) is 3.82. The summed E-state index contributed by atoms with van der Waals surface area (Å²) >= 11 is 12.7. The van der Waals surface area contributed by atoms with Crippen molar-refractivity contribution in [2.75, 3.05) is 11.4 Å². The van der Waals surface area contributed by atoms with E-state index in [-0.39, 0.29) is 17.9 Å². The van der Waals surface area contributed by atoms with Crippen molar-refractivity contribution in [2.24, 2.45) is 0 Å². The third-order valence-electron chi connectivity index (χ3n) is 5.49. The van der Waals surface area contributed by atoms with E-state index in [2.05, 4.69) is 31.9 Å². The molecule has 3 aromatic rings. The Bertz CT molecular complexity index is 1330. The van der Waals surface area contributed by atoms with Crippen LogP contribution in [-0.4, -0.2) is 37.1 Å². The van der Waals surface area contributed by atoms with Crippen LogP contribution in [0.25, 0.3) is 0 Å². The van der Waals surface area contributed by atoms with Gasteiger partial charge in [0.1, 0.15) is 6.04 Å². The average Bonchev–Trinajstić information content (AvgIpc) is 3.08. The molecule has 1 unspecified atom stereocenters. The summed E-state index contributed by atoms with van der Waals surface area (Å²) < 4.78 is 30.0. The molecule has 0 N–H and O–H groups in total. The molecule has 0 aromatic heterocycles. The molecular formula is C24H19Br2ClN2O4S. The average molecular weight is 627 g/mol. The van der Waals surface area contributed by atoms with Crippen LogP contribution in [0.4, 0.5) is 5.69 Å².